The van der Waals surface area contributed by atoms with Crippen LogP contribution in [0.25, 0.3) is 5.65 Å². The van der Waals surface area contributed by atoms with Crippen LogP contribution in [0.5, 0.6) is 0 Å². The zero-order valence-electron chi connectivity index (χ0n) is 12.5. The molecule has 0 aliphatic heterocycles. The molecule has 0 aliphatic carbocycles. The lowest BCUT2D eigenvalue weighted by atomic mass is 10.1. The number of hydrogen-bond acceptors (Lipinski definition) is 3. The second-order valence-electron chi connectivity index (χ2n) is 5.41. The third-order valence-corrected chi connectivity index (χ3v) is 3.39. The molecule has 0 atom stereocenters. The highest BCUT2D eigenvalue weighted by molar-refractivity contribution is 6.03. The molecule has 0 radical (unpaired) electrons. The van der Waals surface area contributed by atoms with Gasteiger partial charge in [0.25, 0.3) is 5.91 Å². The highest BCUT2D eigenvalue weighted by Gasteiger charge is 2.15. The molecule has 2 heterocycles. The van der Waals surface area contributed by atoms with E-state index in [1.54, 1.807) is 22.8 Å². The van der Waals surface area contributed by atoms with Crippen LogP contribution in [0.1, 0.15) is 35.9 Å². The van der Waals surface area contributed by atoms with Crippen LogP contribution in [-0.2, 0) is 0 Å². The first-order valence-corrected chi connectivity index (χ1v) is 7.07. The first-order valence-electron chi connectivity index (χ1n) is 7.07. The number of halogens is 2. The van der Waals surface area contributed by atoms with Crippen LogP contribution in [0.2, 0.25) is 0 Å². The molecule has 0 saturated carbocycles. The summed E-state index contributed by atoms with van der Waals surface area (Å²) >= 11 is 0. The van der Waals surface area contributed by atoms with Gasteiger partial charge in [0.2, 0.25) is 0 Å². The topological polar surface area (TPSA) is 59.3 Å². The summed E-state index contributed by atoms with van der Waals surface area (Å²) in [5.41, 5.74) is 1.73. The first kappa shape index (κ1) is 15.1. The van der Waals surface area contributed by atoms with E-state index in [0.717, 1.165) is 17.8 Å². The third-order valence-electron chi connectivity index (χ3n) is 3.39. The Kier molecular flexibility index (Phi) is 3.77. The molecule has 0 spiro atoms. The summed E-state index contributed by atoms with van der Waals surface area (Å²) in [6.45, 7) is 3.96. The molecule has 3 rings (SSSR count). The summed E-state index contributed by atoms with van der Waals surface area (Å²) < 4.78 is 27.8. The Hall–Kier alpha value is -2.83. The molecule has 1 N–H and O–H groups in total. The lowest BCUT2D eigenvalue weighted by Crippen LogP contribution is -2.16. The van der Waals surface area contributed by atoms with Crippen molar-refractivity contribution in [3.8, 4) is 0 Å². The third kappa shape index (κ3) is 2.90. The number of anilines is 1. The highest BCUT2D eigenvalue weighted by atomic mass is 19.2. The van der Waals surface area contributed by atoms with Crippen LogP contribution in [0.15, 0.2) is 36.5 Å². The Balaban J connectivity index is 1.95. The molecule has 1 amide bonds. The summed E-state index contributed by atoms with van der Waals surface area (Å²) in [5, 5.41) is 6.69. The lowest BCUT2D eigenvalue weighted by molar-refractivity contribution is 0.102. The van der Waals surface area contributed by atoms with E-state index in [1.807, 2.05) is 13.8 Å². The van der Waals surface area contributed by atoms with Crippen LogP contribution in [0.4, 0.5) is 14.5 Å². The summed E-state index contributed by atoms with van der Waals surface area (Å²) in [4.78, 5) is 16.6. The fourth-order valence-corrected chi connectivity index (χ4v) is 2.23. The van der Waals surface area contributed by atoms with Gasteiger partial charge >= 0.3 is 0 Å². The Morgan fingerprint density at radius 1 is 1.17 bits per heavy atom. The fraction of sp³-hybridized carbons (Fsp3) is 0.188. The summed E-state index contributed by atoms with van der Waals surface area (Å²) in [7, 11) is 0. The number of nitrogens with zero attached hydrogens (tertiary/aromatic N) is 3. The molecule has 1 aromatic carbocycles. The van der Waals surface area contributed by atoms with Gasteiger partial charge in [0.1, 0.15) is 5.69 Å². The van der Waals surface area contributed by atoms with Crippen molar-refractivity contribution >= 4 is 17.2 Å². The second kappa shape index (κ2) is 5.75. The van der Waals surface area contributed by atoms with Crippen molar-refractivity contribution in [1.82, 2.24) is 14.6 Å². The molecule has 0 saturated heterocycles. The number of fused-ring (bicyclic) bond motifs is 1. The Morgan fingerprint density at radius 3 is 2.65 bits per heavy atom. The van der Waals surface area contributed by atoms with E-state index in [2.05, 4.69) is 15.4 Å². The number of aromatic nitrogens is 3. The molecule has 2 aromatic heterocycles. The SMILES string of the molecule is CC(C)c1cc(C(=O)Nc2ccc(F)c(F)c2)nc2ccnn12. The number of amides is 1. The maximum Gasteiger partial charge on any atom is 0.274 e. The molecule has 5 nitrogen and oxygen atoms in total. The van der Waals surface area contributed by atoms with Gasteiger partial charge in [-0.25, -0.2) is 18.3 Å². The van der Waals surface area contributed by atoms with E-state index >= 15 is 0 Å². The maximum atomic E-state index is 13.2. The average molecular weight is 316 g/mol. The molecule has 7 heteroatoms. The summed E-state index contributed by atoms with van der Waals surface area (Å²) in [5.74, 6) is -2.36. The lowest BCUT2D eigenvalue weighted by Gasteiger charge is -2.11. The van der Waals surface area contributed by atoms with Crippen molar-refractivity contribution in [1.29, 1.82) is 0 Å². The highest BCUT2D eigenvalue weighted by Crippen LogP contribution is 2.18. The number of hydrogen-bond donors (Lipinski definition) is 1. The van der Waals surface area contributed by atoms with Gasteiger partial charge in [-0.05, 0) is 24.1 Å². The number of carbonyl (C=O) groups excluding carboxylic acids is 1. The number of nitrogens with one attached hydrogen (secondary N) is 1. The van der Waals surface area contributed by atoms with Crippen LogP contribution in [-0.4, -0.2) is 20.5 Å². The molecular weight excluding hydrogens is 302 g/mol. The fourth-order valence-electron chi connectivity index (χ4n) is 2.23. The van der Waals surface area contributed by atoms with Crippen molar-refractivity contribution in [2.24, 2.45) is 0 Å². The Bertz CT molecular complexity index is 889. The smallest absolute Gasteiger partial charge is 0.274 e. The molecule has 118 valence electrons. The normalized spacial score (nSPS) is 11.2. The minimum Gasteiger partial charge on any atom is -0.321 e. The standard InChI is InChI=1S/C16H14F2N4O/c1-9(2)14-8-13(21-15-5-6-19-22(14)15)16(23)20-10-3-4-11(17)12(18)7-10/h3-9H,1-2H3,(H,20,23). The van der Waals surface area contributed by atoms with Crippen LogP contribution < -0.4 is 5.32 Å². The molecular formula is C16H14F2N4O. The van der Waals surface area contributed by atoms with E-state index in [9.17, 15) is 13.6 Å². The van der Waals surface area contributed by atoms with Gasteiger partial charge in [0, 0.05) is 23.5 Å². The Labute approximate surface area is 131 Å². The zero-order valence-corrected chi connectivity index (χ0v) is 12.5. The van der Waals surface area contributed by atoms with Gasteiger partial charge in [0.15, 0.2) is 17.3 Å². The van der Waals surface area contributed by atoms with Crippen LogP contribution in [0.3, 0.4) is 0 Å². The van der Waals surface area contributed by atoms with Gasteiger partial charge in [-0.3, -0.25) is 4.79 Å². The Morgan fingerprint density at radius 2 is 1.96 bits per heavy atom. The maximum absolute atomic E-state index is 13.2. The quantitative estimate of drug-likeness (QED) is 0.806. The van der Waals surface area contributed by atoms with Crippen LogP contribution >= 0.6 is 0 Å². The largest absolute Gasteiger partial charge is 0.321 e. The molecule has 0 bridgehead atoms. The van der Waals surface area contributed by atoms with Crippen molar-refractivity contribution in [2.45, 2.75) is 19.8 Å². The molecule has 3 aromatic rings. The van der Waals surface area contributed by atoms with E-state index in [-0.39, 0.29) is 17.3 Å². The van der Waals surface area contributed by atoms with Crippen molar-refractivity contribution in [2.75, 3.05) is 5.32 Å². The zero-order chi connectivity index (χ0) is 16.6. The number of benzene rings is 1. The van der Waals surface area contributed by atoms with Gasteiger partial charge in [-0.2, -0.15) is 5.10 Å². The minimum absolute atomic E-state index is 0.134. The number of carbonyl (C=O) groups is 1. The van der Waals surface area contributed by atoms with E-state index in [0.29, 0.717) is 5.65 Å². The van der Waals surface area contributed by atoms with Crippen molar-refractivity contribution < 1.29 is 13.6 Å². The summed E-state index contributed by atoms with van der Waals surface area (Å²) in [6.07, 6.45) is 1.60. The second-order valence-corrected chi connectivity index (χ2v) is 5.41. The van der Waals surface area contributed by atoms with Gasteiger partial charge in [0.05, 0.1) is 6.20 Å². The predicted molar refractivity (Wildman–Crippen MR) is 81.4 cm³/mol. The monoisotopic (exact) mass is 316 g/mol. The predicted octanol–water partition coefficient (Wildman–Crippen LogP) is 3.38. The van der Waals surface area contributed by atoms with Crippen molar-refractivity contribution in [3.63, 3.8) is 0 Å². The van der Waals surface area contributed by atoms with Gasteiger partial charge in [-0.15, -0.1) is 0 Å². The molecule has 0 unspecified atom stereocenters. The molecule has 0 aliphatic rings. The average Bonchev–Trinajstić information content (AvgIpc) is 2.98. The van der Waals surface area contributed by atoms with E-state index in [1.165, 1.54) is 6.07 Å². The first-order chi connectivity index (χ1) is 11.0. The van der Waals surface area contributed by atoms with Gasteiger partial charge in [-0.1, -0.05) is 13.8 Å². The van der Waals surface area contributed by atoms with Crippen molar-refractivity contribution in [3.05, 3.63) is 59.6 Å². The molecule has 23 heavy (non-hydrogen) atoms. The number of rotatable bonds is 3. The van der Waals surface area contributed by atoms with E-state index in [4.69, 9.17) is 0 Å². The molecule has 0 fully saturated rings. The summed E-state index contributed by atoms with van der Waals surface area (Å²) in [6, 6.07) is 6.50. The van der Waals surface area contributed by atoms with Gasteiger partial charge < -0.3 is 5.32 Å². The van der Waals surface area contributed by atoms with Crippen LogP contribution in [0, 0.1) is 11.6 Å². The van der Waals surface area contributed by atoms with E-state index < -0.39 is 17.5 Å². The minimum atomic E-state index is -1.02.